The second-order valence-electron chi connectivity index (χ2n) is 7.90. The number of thiazole rings is 1. The molecule has 34 heavy (non-hydrogen) atoms. The first-order chi connectivity index (χ1) is 16.5. The van der Waals surface area contributed by atoms with Crippen LogP contribution < -0.4 is 0 Å². The molecule has 0 saturated carbocycles. The highest BCUT2D eigenvalue weighted by Crippen LogP contribution is 2.25. The molecule has 0 spiro atoms. The summed E-state index contributed by atoms with van der Waals surface area (Å²) in [5.74, 6) is -0.288. The van der Waals surface area contributed by atoms with Crippen LogP contribution in [0.25, 0.3) is 16.2 Å². The van der Waals surface area contributed by atoms with E-state index in [2.05, 4.69) is 4.98 Å². The molecule has 2 aromatic heterocycles. The molecule has 5 aromatic rings. The molecule has 2 heterocycles. The third-order valence-electron chi connectivity index (χ3n) is 5.62. The molecule has 0 N–H and O–H groups in total. The SMILES string of the molecule is O=S(=O)(c1ccccc1)N(CCc1csc2nc(-c3ccc(F)cc3)cn12)Cc1ccccc1. The number of hydrogen-bond donors (Lipinski definition) is 0. The molecule has 5 rings (SSSR count). The lowest BCUT2D eigenvalue weighted by molar-refractivity contribution is 0.408. The highest BCUT2D eigenvalue weighted by Gasteiger charge is 2.25. The molecule has 0 amide bonds. The molecule has 0 unspecified atom stereocenters. The lowest BCUT2D eigenvalue weighted by atomic mass is 10.2. The fourth-order valence-electron chi connectivity index (χ4n) is 3.82. The number of halogens is 1. The number of nitrogens with zero attached hydrogens (tertiary/aromatic N) is 3. The molecule has 0 radical (unpaired) electrons. The topological polar surface area (TPSA) is 54.7 Å². The van der Waals surface area contributed by atoms with Crippen molar-refractivity contribution in [2.24, 2.45) is 0 Å². The summed E-state index contributed by atoms with van der Waals surface area (Å²) < 4.78 is 43.7. The van der Waals surface area contributed by atoms with E-state index in [-0.39, 0.29) is 17.3 Å². The highest BCUT2D eigenvalue weighted by molar-refractivity contribution is 7.89. The molecule has 0 aliphatic carbocycles. The van der Waals surface area contributed by atoms with Gasteiger partial charge in [0, 0.05) is 42.3 Å². The van der Waals surface area contributed by atoms with E-state index in [1.807, 2.05) is 46.3 Å². The van der Waals surface area contributed by atoms with Gasteiger partial charge in [0.25, 0.3) is 0 Å². The molecule has 0 atom stereocenters. The molecule has 0 bridgehead atoms. The Kier molecular flexibility index (Phi) is 6.28. The van der Waals surface area contributed by atoms with Gasteiger partial charge in [0.15, 0.2) is 4.96 Å². The molecule has 0 aliphatic heterocycles. The normalized spacial score (nSPS) is 11.9. The molecule has 3 aromatic carbocycles. The standard InChI is InChI=1S/C26H22FN3O2S2/c27-22-13-11-21(12-14-22)25-18-30-23(19-33-26(30)28-25)15-16-29(17-20-7-3-1-4-8-20)34(31,32)24-9-5-2-6-10-24/h1-14,18-19H,15-17H2. The van der Waals surface area contributed by atoms with Crippen LogP contribution in [0, 0.1) is 5.82 Å². The number of rotatable bonds is 8. The molecule has 0 fully saturated rings. The van der Waals surface area contributed by atoms with E-state index in [1.54, 1.807) is 42.5 Å². The maximum Gasteiger partial charge on any atom is 0.243 e. The first kappa shape index (κ1) is 22.5. The van der Waals surface area contributed by atoms with E-state index in [4.69, 9.17) is 0 Å². The Bertz CT molecular complexity index is 1500. The van der Waals surface area contributed by atoms with Crippen molar-refractivity contribution in [2.45, 2.75) is 17.9 Å². The van der Waals surface area contributed by atoms with Gasteiger partial charge in [-0.2, -0.15) is 4.31 Å². The van der Waals surface area contributed by atoms with E-state index in [0.717, 1.165) is 27.5 Å². The van der Waals surface area contributed by atoms with E-state index in [1.165, 1.54) is 27.8 Å². The van der Waals surface area contributed by atoms with Crippen molar-refractivity contribution < 1.29 is 12.8 Å². The van der Waals surface area contributed by atoms with Gasteiger partial charge in [0.1, 0.15) is 5.82 Å². The molecule has 8 heteroatoms. The number of hydrogen-bond acceptors (Lipinski definition) is 4. The smallest absolute Gasteiger partial charge is 0.243 e. The average Bonchev–Trinajstić information content (AvgIpc) is 3.45. The van der Waals surface area contributed by atoms with Crippen molar-refractivity contribution in [1.82, 2.24) is 13.7 Å². The lowest BCUT2D eigenvalue weighted by Crippen LogP contribution is -2.32. The van der Waals surface area contributed by atoms with Crippen molar-refractivity contribution in [3.05, 3.63) is 114 Å². The molecular weight excluding hydrogens is 469 g/mol. The quantitative estimate of drug-likeness (QED) is 0.282. The Labute approximate surface area is 201 Å². The monoisotopic (exact) mass is 491 g/mol. The number of sulfonamides is 1. The van der Waals surface area contributed by atoms with Crippen LogP contribution in [0.1, 0.15) is 11.3 Å². The summed E-state index contributed by atoms with van der Waals surface area (Å²) in [5.41, 5.74) is 3.49. The summed E-state index contributed by atoms with van der Waals surface area (Å²) in [6.07, 6.45) is 2.44. The van der Waals surface area contributed by atoms with Crippen molar-refractivity contribution in [3.8, 4) is 11.3 Å². The van der Waals surface area contributed by atoms with Crippen LogP contribution in [0.15, 0.2) is 101 Å². The lowest BCUT2D eigenvalue weighted by Gasteiger charge is -2.22. The van der Waals surface area contributed by atoms with Gasteiger partial charge in [-0.25, -0.2) is 17.8 Å². The van der Waals surface area contributed by atoms with Crippen molar-refractivity contribution in [2.75, 3.05) is 6.54 Å². The summed E-state index contributed by atoms with van der Waals surface area (Å²) in [6, 6.07) is 24.4. The first-order valence-electron chi connectivity index (χ1n) is 10.8. The number of imidazole rings is 1. The number of benzene rings is 3. The molecule has 5 nitrogen and oxygen atoms in total. The van der Waals surface area contributed by atoms with E-state index in [9.17, 15) is 12.8 Å². The Morgan fingerprint density at radius 1 is 0.912 bits per heavy atom. The minimum absolute atomic E-state index is 0.280. The first-order valence-corrected chi connectivity index (χ1v) is 13.1. The van der Waals surface area contributed by atoms with Crippen LogP contribution >= 0.6 is 11.3 Å². The van der Waals surface area contributed by atoms with Crippen molar-refractivity contribution in [3.63, 3.8) is 0 Å². The van der Waals surface area contributed by atoms with E-state index in [0.29, 0.717) is 13.0 Å². The third-order valence-corrected chi connectivity index (χ3v) is 8.37. The van der Waals surface area contributed by atoms with Crippen LogP contribution in [0.2, 0.25) is 0 Å². The van der Waals surface area contributed by atoms with Crippen LogP contribution in [0.3, 0.4) is 0 Å². The van der Waals surface area contributed by atoms with E-state index >= 15 is 0 Å². The Morgan fingerprint density at radius 3 is 2.29 bits per heavy atom. The maximum atomic E-state index is 13.5. The minimum Gasteiger partial charge on any atom is -0.294 e. The van der Waals surface area contributed by atoms with Gasteiger partial charge in [-0.3, -0.25) is 4.40 Å². The number of aromatic nitrogens is 2. The van der Waals surface area contributed by atoms with Gasteiger partial charge < -0.3 is 0 Å². The third kappa shape index (κ3) is 4.65. The van der Waals surface area contributed by atoms with Crippen LogP contribution in [-0.4, -0.2) is 28.7 Å². The van der Waals surface area contributed by atoms with Gasteiger partial charge in [-0.1, -0.05) is 48.5 Å². The predicted molar refractivity (Wildman–Crippen MR) is 133 cm³/mol. The Morgan fingerprint density at radius 2 is 1.59 bits per heavy atom. The Balaban J connectivity index is 1.42. The summed E-state index contributed by atoms with van der Waals surface area (Å²) in [7, 11) is -3.67. The highest BCUT2D eigenvalue weighted by atomic mass is 32.2. The molecular formula is C26H22FN3O2S2. The summed E-state index contributed by atoms with van der Waals surface area (Å²) in [6.45, 7) is 0.609. The van der Waals surface area contributed by atoms with Crippen molar-refractivity contribution >= 4 is 26.3 Å². The zero-order valence-electron chi connectivity index (χ0n) is 18.2. The minimum atomic E-state index is -3.67. The zero-order valence-corrected chi connectivity index (χ0v) is 19.8. The fraction of sp³-hybridized carbons (Fsp3) is 0.115. The van der Waals surface area contributed by atoms with Gasteiger partial charge in [0.05, 0.1) is 10.6 Å². The second-order valence-corrected chi connectivity index (χ2v) is 10.7. The van der Waals surface area contributed by atoms with Crippen molar-refractivity contribution in [1.29, 1.82) is 0 Å². The Hall–Kier alpha value is -3.33. The van der Waals surface area contributed by atoms with Gasteiger partial charge in [-0.15, -0.1) is 11.3 Å². The van der Waals surface area contributed by atoms with Crippen LogP contribution in [-0.2, 0) is 23.0 Å². The van der Waals surface area contributed by atoms with Crippen LogP contribution in [0.4, 0.5) is 4.39 Å². The van der Waals surface area contributed by atoms with E-state index < -0.39 is 10.0 Å². The molecule has 0 aliphatic rings. The predicted octanol–water partition coefficient (Wildman–Crippen LogP) is 5.64. The number of fused-ring (bicyclic) bond motifs is 1. The van der Waals surface area contributed by atoms with Crippen LogP contribution in [0.5, 0.6) is 0 Å². The summed E-state index contributed by atoms with van der Waals surface area (Å²) in [5, 5.41) is 2.01. The van der Waals surface area contributed by atoms with Gasteiger partial charge >= 0.3 is 0 Å². The fourth-order valence-corrected chi connectivity index (χ4v) is 6.18. The summed E-state index contributed by atoms with van der Waals surface area (Å²) in [4.78, 5) is 5.75. The van der Waals surface area contributed by atoms with Gasteiger partial charge in [0.2, 0.25) is 10.0 Å². The average molecular weight is 492 g/mol. The molecule has 172 valence electrons. The van der Waals surface area contributed by atoms with Gasteiger partial charge in [-0.05, 0) is 42.0 Å². The zero-order chi connectivity index (χ0) is 23.5. The summed E-state index contributed by atoms with van der Waals surface area (Å²) >= 11 is 1.50. The maximum absolute atomic E-state index is 13.5. The molecule has 0 saturated heterocycles. The second kappa shape index (κ2) is 9.50. The largest absolute Gasteiger partial charge is 0.294 e.